The van der Waals surface area contributed by atoms with Gasteiger partial charge in [-0.25, -0.2) is 0 Å². The van der Waals surface area contributed by atoms with E-state index in [0.717, 1.165) is 0 Å². The van der Waals surface area contributed by atoms with E-state index in [9.17, 15) is 0 Å². The van der Waals surface area contributed by atoms with E-state index in [2.05, 4.69) is 43.6 Å². The first kappa shape index (κ1) is 12.5. The summed E-state index contributed by atoms with van der Waals surface area (Å²) < 4.78 is 5.75. The number of pyridine rings is 1. The van der Waals surface area contributed by atoms with Crippen LogP contribution in [0.2, 0.25) is 0 Å². The van der Waals surface area contributed by atoms with Gasteiger partial charge in [0.1, 0.15) is 0 Å². The molecule has 0 bridgehead atoms. The fraction of sp³-hybridized carbons (Fsp3) is 0.545. The molecule has 1 unspecified atom stereocenters. The normalized spacial score (nSPS) is 11.0. The van der Waals surface area contributed by atoms with Crippen LogP contribution in [0.15, 0.2) is 24.5 Å². The molecule has 0 saturated carbocycles. The molecule has 1 heterocycles. The quantitative estimate of drug-likeness (QED) is 0.719. The topological polar surface area (TPSA) is 12.9 Å². The first-order valence-corrected chi connectivity index (χ1v) is 5.08. The zero-order chi connectivity index (χ0) is 11.4. The minimum atomic E-state index is 0.669. The predicted octanol–water partition coefficient (Wildman–Crippen LogP) is 3.78. The van der Waals surface area contributed by atoms with Gasteiger partial charge in [-0.1, -0.05) is 21.3 Å². The lowest BCUT2D eigenvalue weighted by molar-refractivity contribution is 0.732. The van der Waals surface area contributed by atoms with Crippen molar-refractivity contribution >= 4 is 12.6 Å². The number of hydrogen-bond donors (Lipinski definition) is 1. The Hall–Kier alpha value is -0.500. The molecule has 0 radical (unpaired) electrons. The van der Waals surface area contributed by atoms with Gasteiger partial charge >= 0.3 is 0 Å². The smallest absolute Gasteiger partial charge is 0.0270 e. The molecule has 1 aromatic heterocycles. The van der Waals surface area contributed by atoms with Crippen LogP contribution in [0.3, 0.4) is 0 Å². The average Bonchev–Trinajstić information content (AvgIpc) is 2.34. The Morgan fingerprint density at radius 1 is 1.46 bits per heavy atom. The molecule has 0 amide bonds. The van der Waals surface area contributed by atoms with Gasteiger partial charge < -0.3 is 0 Å². The van der Waals surface area contributed by atoms with Crippen molar-refractivity contribution < 1.29 is 1.37 Å². The second kappa shape index (κ2) is 9.59. The largest absolute Gasteiger partial charge is 0.265 e. The van der Waals surface area contributed by atoms with Gasteiger partial charge in [0, 0.05) is 13.8 Å². The lowest BCUT2D eigenvalue weighted by atomic mass is 10.0. The van der Waals surface area contributed by atoms with Gasteiger partial charge in [-0.15, -0.1) is 0 Å². The molecule has 1 rings (SSSR count). The van der Waals surface area contributed by atoms with Crippen molar-refractivity contribution in [2.75, 3.05) is 6.26 Å². The third kappa shape index (κ3) is 5.69. The summed E-state index contributed by atoms with van der Waals surface area (Å²) in [7, 11) is 1.25. The minimum Gasteiger partial charge on any atom is -0.265 e. The van der Waals surface area contributed by atoms with Crippen molar-refractivity contribution in [3.8, 4) is 0 Å². The van der Waals surface area contributed by atoms with E-state index in [1.807, 2.05) is 12.4 Å². The zero-order valence-electron chi connectivity index (χ0n) is 9.99. The monoisotopic (exact) mass is 201 g/mol. The van der Waals surface area contributed by atoms with Crippen LogP contribution in [-0.4, -0.2) is 11.2 Å². The van der Waals surface area contributed by atoms with Crippen molar-refractivity contribution in [1.29, 1.82) is 0 Å². The maximum absolute atomic E-state index is 5.75. The average molecular weight is 201 g/mol. The van der Waals surface area contributed by atoms with Gasteiger partial charge in [0.15, 0.2) is 0 Å². The zero-order valence-corrected chi connectivity index (χ0v) is 9.88. The van der Waals surface area contributed by atoms with Gasteiger partial charge in [0.2, 0.25) is 0 Å². The molecule has 0 N–H and O–H groups in total. The first-order valence-electron chi connectivity index (χ1n) is 5.19. The first-order chi connectivity index (χ1) is 6.84. The summed E-state index contributed by atoms with van der Waals surface area (Å²) in [6.07, 6.45) is 6.59. The van der Waals surface area contributed by atoms with Crippen LogP contribution < -0.4 is 0 Å². The van der Waals surface area contributed by atoms with E-state index in [-0.39, 0.29) is 0 Å². The number of aromatic nitrogens is 1. The summed E-state index contributed by atoms with van der Waals surface area (Å²) in [5.74, 6) is 0.669. The molecule has 0 aliphatic carbocycles. The fourth-order valence-electron chi connectivity index (χ4n) is 0.928. The Morgan fingerprint density at radius 3 is 2.31 bits per heavy atom. The molecule has 0 aliphatic rings. The molecule has 1 nitrogen and oxygen atoms in total. The van der Waals surface area contributed by atoms with Crippen LogP contribution in [-0.2, 0) is 0 Å². The van der Waals surface area contributed by atoms with E-state index in [0.29, 0.717) is 5.92 Å². The number of thiol groups is 1. The predicted molar refractivity (Wildman–Crippen MR) is 64.6 cm³/mol. The Morgan fingerprint density at radius 2 is 1.92 bits per heavy atom. The summed E-state index contributed by atoms with van der Waals surface area (Å²) in [6.45, 7) is 4.43. The molecule has 76 valence electrons. The lowest BCUT2D eigenvalue weighted by Gasteiger charge is -2.06. The highest BCUT2D eigenvalue weighted by Crippen LogP contribution is 2.16. The molecule has 2 heteroatoms. The van der Waals surface area contributed by atoms with E-state index in [4.69, 9.17) is 1.37 Å². The molecule has 0 aliphatic heterocycles. The third-order valence-electron chi connectivity index (χ3n) is 1.89. The highest BCUT2D eigenvalue weighted by molar-refractivity contribution is 7.79. The Labute approximate surface area is 89.4 Å². The highest BCUT2D eigenvalue weighted by atomic mass is 32.1. The van der Waals surface area contributed by atoms with Gasteiger partial charge in [0.25, 0.3) is 0 Å². The molecule has 1 atom stereocenters. The van der Waals surface area contributed by atoms with Gasteiger partial charge in [-0.3, -0.25) is 4.98 Å². The fourth-order valence-corrected chi connectivity index (χ4v) is 0.928. The van der Waals surface area contributed by atoms with Gasteiger partial charge in [-0.05, 0) is 36.3 Å². The summed E-state index contributed by atoms with van der Waals surface area (Å²) in [5, 5.41) is 0. The maximum atomic E-state index is 5.75. The summed E-state index contributed by atoms with van der Waals surface area (Å²) >= 11 is 3.53. The highest BCUT2D eigenvalue weighted by Gasteiger charge is 1.99. The molecule has 0 aromatic carbocycles. The molecule has 0 fully saturated rings. The van der Waals surface area contributed by atoms with E-state index in [1.165, 1.54) is 19.4 Å². The van der Waals surface area contributed by atoms with E-state index < -0.39 is 0 Å². The third-order valence-corrected chi connectivity index (χ3v) is 1.89. The van der Waals surface area contributed by atoms with Crippen molar-refractivity contribution in [3.63, 3.8) is 0 Å². The second-order valence-electron chi connectivity index (χ2n) is 2.59. The number of hydrogen-bond acceptors (Lipinski definition) is 2. The van der Waals surface area contributed by atoms with Crippen molar-refractivity contribution in [2.45, 2.75) is 33.6 Å². The van der Waals surface area contributed by atoms with Crippen molar-refractivity contribution in [1.82, 2.24) is 4.98 Å². The summed E-state index contributed by atoms with van der Waals surface area (Å²) in [6, 6.07) is 4.16. The molecular weight excluding hydrogens is 178 g/mol. The van der Waals surface area contributed by atoms with Crippen LogP contribution in [0.4, 0.5) is 0 Å². The molecular formula is C11H21NS. The van der Waals surface area contributed by atoms with Gasteiger partial charge in [-0.2, -0.15) is 12.6 Å². The summed E-state index contributed by atoms with van der Waals surface area (Å²) in [4.78, 5) is 3.96. The standard InChI is InChI=1S/C9H13N.CH4S.CH4/c1-3-8(2)9-4-6-10-7-5-9;1-2;/h4-8H,3H2,1-2H3;2H,1H3;1H4/i;;1T. The molecule has 13 heavy (non-hydrogen) atoms. The van der Waals surface area contributed by atoms with E-state index in [1.54, 1.807) is 6.26 Å². The van der Waals surface area contributed by atoms with Crippen LogP contribution in [0.25, 0.3) is 0 Å². The summed E-state index contributed by atoms with van der Waals surface area (Å²) in [5.41, 5.74) is 1.39. The molecule has 0 saturated heterocycles. The lowest BCUT2D eigenvalue weighted by Crippen LogP contribution is -1.89. The molecule has 1 aromatic rings. The number of nitrogens with zero attached hydrogens (tertiary/aromatic N) is 1. The SMILES string of the molecule is CCC(C)c1ccncc1.CS.[3H]C. The minimum absolute atomic E-state index is 0.669. The Balaban J connectivity index is 0. The van der Waals surface area contributed by atoms with E-state index >= 15 is 0 Å². The Bertz CT molecular complexity index is 192. The second-order valence-corrected chi connectivity index (χ2v) is 2.59. The van der Waals surface area contributed by atoms with Crippen molar-refractivity contribution in [2.24, 2.45) is 0 Å². The Kier molecular flexibility index (Phi) is 9.22. The van der Waals surface area contributed by atoms with Crippen LogP contribution in [0.1, 0.15) is 40.5 Å². The van der Waals surface area contributed by atoms with Crippen LogP contribution in [0, 0.1) is 0 Å². The molecule has 0 spiro atoms. The van der Waals surface area contributed by atoms with Crippen molar-refractivity contribution in [3.05, 3.63) is 30.1 Å². The number of rotatable bonds is 2. The maximum Gasteiger partial charge on any atom is 0.0270 e. The van der Waals surface area contributed by atoms with Gasteiger partial charge in [0.05, 0.1) is 0 Å². The van der Waals surface area contributed by atoms with Crippen LogP contribution >= 0.6 is 12.6 Å². The van der Waals surface area contributed by atoms with Crippen LogP contribution in [0.5, 0.6) is 0 Å².